The SMILES string of the molecule is CCN1CCN(C2(c3cccnc3)C=CC(=O)N2C)CC1. The van der Waals surface area contributed by atoms with Crippen molar-refractivity contribution in [1.82, 2.24) is 19.7 Å². The molecule has 0 aliphatic carbocycles. The van der Waals surface area contributed by atoms with Crippen LogP contribution in [-0.2, 0) is 10.5 Å². The van der Waals surface area contributed by atoms with Gasteiger partial charge in [-0.05, 0) is 18.7 Å². The quantitative estimate of drug-likeness (QED) is 0.828. The zero-order chi connectivity index (χ0) is 14.9. The van der Waals surface area contributed by atoms with Gasteiger partial charge in [-0.1, -0.05) is 13.0 Å². The summed E-state index contributed by atoms with van der Waals surface area (Å²) in [6.45, 7) is 7.24. The second-order valence-electron chi connectivity index (χ2n) is 5.62. The Balaban J connectivity index is 1.95. The number of rotatable bonds is 3. The van der Waals surface area contributed by atoms with Gasteiger partial charge in [0.2, 0.25) is 5.91 Å². The minimum Gasteiger partial charge on any atom is -0.316 e. The maximum Gasteiger partial charge on any atom is 0.248 e. The predicted octanol–water partition coefficient (Wildman–Crippen LogP) is 0.900. The van der Waals surface area contributed by atoms with Gasteiger partial charge in [-0.15, -0.1) is 0 Å². The van der Waals surface area contributed by atoms with Crippen molar-refractivity contribution >= 4 is 5.91 Å². The summed E-state index contributed by atoms with van der Waals surface area (Å²) in [5, 5.41) is 0. The number of aromatic nitrogens is 1. The predicted molar refractivity (Wildman–Crippen MR) is 81.5 cm³/mol. The van der Waals surface area contributed by atoms with E-state index in [2.05, 4.69) is 27.8 Å². The topological polar surface area (TPSA) is 39.7 Å². The van der Waals surface area contributed by atoms with Crippen molar-refractivity contribution in [2.24, 2.45) is 0 Å². The molecule has 0 N–H and O–H groups in total. The molecular weight excluding hydrogens is 264 g/mol. The van der Waals surface area contributed by atoms with Crippen LogP contribution in [0, 0.1) is 0 Å². The summed E-state index contributed by atoms with van der Waals surface area (Å²) in [6.07, 6.45) is 7.34. The molecule has 0 radical (unpaired) electrons. The summed E-state index contributed by atoms with van der Waals surface area (Å²) in [7, 11) is 1.88. The van der Waals surface area contributed by atoms with E-state index in [9.17, 15) is 4.79 Å². The summed E-state index contributed by atoms with van der Waals surface area (Å²) < 4.78 is 0. The molecule has 0 spiro atoms. The third-order valence-corrected chi connectivity index (χ3v) is 4.69. The number of hydrogen-bond donors (Lipinski definition) is 0. The van der Waals surface area contributed by atoms with Crippen LogP contribution in [0.4, 0.5) is 0 Å². The molecular formula is C16H22N4O. The van der Waals surface area contributed by atoms with Crippen molar-refractivity contribution in [1.29, 1.82) is 0 Å². The number of carbonyl (C=O) groups is 1. The smallest absolute Gasteiger partial charge is 0.248 e. The third kappa shape index (κ3) is 2.26. The van der Waals surface area contributed by atoms with E-state index < -0.39 is 5.66 Å². The van der Waals surface area contributed by atoms with Crippen LogP contribution in [0.3, 0.4) is 0 Å². The van der Waals surface area contributed by atoms with E-state index in [0.717, 1.165) is 38.3 Å². The van der Waals surface area contributed by atoms with E-state index in [-0.39, 0.29) is 5.91 Å². The molecule has 1 unspecified atom stereocenters. The zero-order valence-electron chi connectivity index (χ0n) is 12.7. The number of carbonyl (C=O) groups excluding carboxylic acids is 1. The lowest BCUT2D eigenvalue weighted by Gasteiger charge is -2.48. The number of nitrogens with zero attached hydrogens (tertiary/aromatic N) is 4. The van der Waals surface area contributed by atoms with Crippen molar-refractivity contribution in [3.05, 3.63) is 42.2 Å². The lowest BCUT2D eigenvalue weighted by Crippen LogP contribution is -2.60. The van der Waals surface area contributed by atoms with Gasteiger partial charge in [0.25, 0.3) is 0 Å². The Morgan fingerprint density at radius 3 is 2.57 bits per heavy atom. The summed E-state index contributed by atoms with van der Waals surface area (Å²) in [4.78, 5) is 23.0. The maximum absolute atomic E-state index is 12.1. The fraction of sp³-hybridized carbons (Fsp3) is 0.500. The number of likely N-dealkylation sites (N-methyl/N-ethyl adjacent to an activating group) is 2. The van der Waals surface area contributed by atoms with Gasteiger partial charge in [0.15, 0.2) is 0 Å². The monoisotopic (exact) mass is 286 g/mol. The van der Waals surface area contributed by atoms with Crippen LogP contribution in [0.25, 0.3) is 0 Å². The van der Waals surface area contributed by atoms with Gasteiger partial charge < -0.3 is 9.80 Å². The molecule has 3 rings (SSSR count). The Kier molecular flexibility index (Phi) is 3.78. The molecule has 21 heavy (non-hydrogen) atoms. The Morgan fingerprint density at radius 2 is 2.05 bits per heavy atom. The highest BCUT2D eigenvalue weighted by Crippen LogP contribution is 2.37. The molecule has 5 nitrogen and oxygen atoms in total. The molecule has 1 atom stereocenters. The molecule has 1 amide bonds. The number of pyridine rings is 1. The van der Waals surface area contributed by atoms with E-state index >= 15 is 0 Å². The van der Waals surface area contributed by atoms with Crippen molar-refractivity contribution in [2.75, 3.05) is 39.8 Å². The summed E-state index contributed by atoms with van der Waals surface area (Å²) in [6, 6.07) is 3.99. The molecule has 0 bridgehead atoms. The first-order valence-corrected chi connectivity index (χ1v) is 7.53. The zero-order valence-corrected chi connectivity index (χ0v) is 12.7. The Labute approximate surface area is 125 Å². The van der Waals surface area contributed by atoms with Crippen LogP contribution >= 0.6 is 0 Å². The van der Waals surface area contributed by atoms with Crippen LogP contribution in [-0.4, -0.2) is 65.4 Å². The van der Waals surface area contributed by atoms with Crippen LogP contribution in [0.1, 0.15) is 12.5 Å². The fourth-order valence-electron chi connectivity index (χ4n) is 3.35. The molecule has 2 aliphatic rings. The van der Waals surface area contributed by atoms with Crippen molar-refractivity contribution in [2.45, 2.75) is 12.6 Å². The summed E-state index contributed by atoms with van der Waals surface area (Å²) in [5.74, 6) is 0.0526. The van der Waals surface area contributed by atoms with Gasteiger partial charge in [0.1, 0.15) is 5.66 Å². The second-order valence-corrected chi connectivity index (χ2v) is 5.62. The molecule has 2 aliphatic heterocycles. The highest BCUT2D eigenvalue weighted by atomic mass is 16.2. The van der Waals surface area contributed by atoms with Crippen LogP contribution in [0.2, 0.25) is 0 Å². The number of hydrogen-bond acceptors (Lipinski definition) is 4. The largest absolute Gasteiger partial charge is 0.316 e. The minimum absolute atomic E-state index is 0.0526. The van der Waals surface area contributed by atoms with Crippen molar-refractivity contribution in [3.8, 4) is 0 Å². The van der Waals surface area contributed by atoms with Crippen molar-refractivity contribution < 1.29 is 4.79 Å². The van der Waals surface area contributed by atoms with E-state index in [4.69, 9.17) is 0 Å². The molecule has 1 saturated heterocycles. The first kappa shape index (κ1) is 14.2. The van der Waals surface area contributed by atoms with Gasteiger partial charge in [0, 0.05) is 57.3 Å². The number of amides is 1. The van der Waals surface area contributed by atoms with Gasteiger partial charge in [0.05, 0.1) is 0 Å². The van der Waals surface area contributed by atoms with Gasteiger partial charge in [-0.3, -0.25) is 14.7 Å². The molecule has 0 aromatic carbocycles. The Bertz CT molecular complexity index is 536. The highest BCUT2D eigenvalue weighted by molar-refractivity contribution is 5.91. The van der Waals surface area contributed by atoms with Gasteiger partial charge in [-0.2, -0.15) is 0 Å². The third-order valence-electron chi connectivity index (χ3n) is 4.69. The van der Waals surface area contributed by atoms with E-state index in [1.165, 1.54) is 0 Å². The second kappa shape index (κ2) is 5.58. The molecule has 5 heteroatoms. The molecule has 1 fully saturated rings. The fourth-order valence-corrected chi connectivity index (χ4v) is 3.35. The van der Waals surface area contributed by atoms with Crippen LogP contribution in [0.5, 0.6) is 0 Å². The van der Waals surface area contributed by atoms with Gasteiger partial charge >= 0.3 is 0 Å². The standard InChI is InChI=1S/C16H22N4O/c1-3-19-9-11-20(12-10-19)16(7-6-15(21)18(16)2)14-5-4-8-17-13-14/h4-8,13H,3,9-12H2,1-2H3. The molecule has 112 valence electrons. The first-order valence-electron chi connectivity index (χ1n) is 7.53. The molecule has 1 aromatic rings. The summed E-state index contributed by atoms with van der Waals surface area (Å²) in [5.41, 5.74) is 0.574. The van der Waals surface area contributed by atoms with Gasteiger partial charge in [-0.25, -0.2) is 0 Å². The average Bonchev–Trinajstić information content (AvgIpc) is 2.85. The normalized spacial score (nSPS) is 27.5. The average molecular weight is 286 g/mol. The first-order chi connectivity index (χ1) is 10.2. The molecule has 0 saturated carbocycles. The van der Waals surface area contributed by atoms with Crippen molar-refractivity contribution in [3.63, 3.8) is 0 Å². The Hall–Kier alpha value is -1.72. The van der Waals surface area contributed by atoms with E-state index in [1.807, 2.05) is 30.3 Å². The van der Waals surface area contributed by atoms with E-state index in [0.29, 0.717) is 0 Å². The lowest BCUT2D eigenvalue weighted by atomic mass is 9.98. The summed E-state index contributed by atoms with van der Waals surface area (Å²) >= 11 is 0. The Morgan fingerprint density at radius 1 is 1.29 bits per heavy atom. The number of piperazine rings is 1. The van der Waals surface area contributed by atoms with Crippen LogP contribution < -0.4 is 0 Å². The lowest BCUT2D eigenvalue weighted by molar-refractivity contribution is -0.134. The highest BCUT2D eigenvalue weighted by Gasteiger charge is 2.46. The molecule has 3 heterocycles. The van der Waals surface area contributed by atoms with E-state index in [1.54, 1.807) is 12.3 Å². The maximum atomic E-state index is 12.1. The van der Waals surface area contributed by atoms with Crippen LogP contribution in [0.15, 0.2) is 36.7 Å². The molecule has 1 aromatic heterocycles. The minimum atomic E-state index is -0.481.